The van der Waals surface area contributed by atoms with Crippen LogP contribution in [0.25, 0.3) is 0 Å². The van der Waals surface area contributed by atoms with E-state index in [9.17, 15) is 14.7 Å². The molecule has 1 aromatic rings. The third-order valence-electron chi connectivity index (χ3n) is 7.11. The van der Waals surface area contributed by atoms with Gasteiger partial charge in [0, 0.05) is 31.2 Å². The van der Waals surface area contributed by atoms with Crippen molar-refractivity contribution in [2.75, 3.05) is 25.0 Å². The fraction of sp³-hybridized carbons (Fsp3) is 0.731. The Morgan fingerprint density at radius 3 is 2.70 bits per heavy atom. The highest BCUT2D eigenvalue weighted by Crippen LogP contribution is 2.27. The molecule has 0 aromatic carbocycles. The van der Waals surface area contributed by atoms with Crippen molar-refractivity contribution in [3.63, 3.8) is 0 Å². The van der Waals surface area contributed by atoms with Gasteiger partial charge in [0.05, 0.1) is 0 Å². The summed E-state index contributed by atoms with van der Waals surface area (Å²) in [7, 11) is 0. The maximum atomic E-state index is 12.3. The van der Waals surface area contributed by atoms with Crippen molar-refractivity contribution < 1.29 is 14.7 Å². The number of rotatable bonds is 15. The van der Waals surface area contributed by atoms with Crippen molar-refractivity contribution in [1.82, 2.24) is 15.2 Å². The molecule has 1 aromatic heterocycles. The monoisotopic (exact) mass is 458 g/mol. The number of amides is 1. The number of pyridine rings is 1. The van der Waals surface area contributed by atoms with Crippen LogP contribution < -0.4 is 10.6 Å². The summed E-state index contributed by atoms with van der Waals surface area (Å²) < 4.78 is 0. The lowest BCUT2D eigenvalue weighted by atomic mass is 9.99. The molecular weight excluding hydrogens is 416 g/mol. The zero-order chi connectivity index (χ0) is 23.6. The number of carbonyl (C=O) groups is 2. The number of aliphatic carboxylic acids is 1. The van der Waals surface area contributed by atoms with Crippen LogP contribution in [0.5, 0.6) is 0 Å². The molecule has 33 heavy (non-hydrogen) atoms. The summed E-state index contributed by atoms with van der Waals surface area (Å²) in [6.45, 7) is 6.84. The molecule has 2 heterocycles. The average Bonchev–Trinajstić information content (AvgIpc) is 3.66. The zero-order valence-electron chi connectivity index (χ0n) is 20.4. The molecule has 1 amide bonds. The average molecular weight is 459 g/mol. The van der Waals surface area contributed by atoms with Crippen LogP contribution in [0.2, 0.25) is 0 Å². The number of carbonyl (C=O) groups excluding carboxylic acids is 1. The van der Waals surface area contributed by atoms with Crippen LogP contribution in [0.1, 0.15) is 82.9 Å². The van der Waals surface area contributed by atoms with Gasteiger partial charge in [-0.15, -0.1) is 0 Å². The number of hydrogen-bond acceptors (Lipinski definition) is 5. The molecule has 3 N–H and O–H groups in total. The first-order valence-electron chi connectivity index (χ1n) is 13.0. The Morgan fingerprint density at radius 2 is 2.00 bits per heavy atom. The van der Waals surface area contributed by atoms with Crippen LogP contribution in [-0.4, -0.2) is 58.6 Å². The largest absolute Gasteiger partial charge is 0.480 e. The highest BCUT2D eigenvalue weighted by atomic mass is 16.4. The maximum absolute atomic E-state index is 12.3. The molecule has 1 fully saturated rings. The molecule has 0 spiro atoms. The summed E-state index contributed by atoms with van der Waals surface area (Å²) in [5, 5.41) is 15.8. The summed E-state index contributed by atoms with van der Waals surface area (Å²) in [6.07, 6.45) is 10.5. The second-order valence-electron chi connectivity index (χ2n) is 9.70. The summed E-state index contributed by atoms with van der Waals surface area (Å²) in [5.74, 6) is 0.309. The topological polar surface area (TPSA) is 94.6 Å². The summed E-state index contributed by atoms with van der Waals surface area (Å²) in [5.41, 5.74) is 2.47. The molecule has 2 aliphatic rings. The number of hydrogen-bond donors (Lipinski definition) is 3. The third-order valence-corrected chi connectivity index (χ3v) is 7.11. The molecule has 0 radical (unpaired) electrons. The third kappa shape index (κ3) is 8.29. The van der Waals surface area contributed by atoms with E-state index in [1.165, 1.54) is 24.8 Å². The Labute approximate surface area is 198 Å². The summed E-state index contributed by atoms with van der Waals surface area (Å²) in [4.78, 5) is 31.3. The van der Waals surface area contributed by atoms with Crippen molar-refractivity contribution in [2.45, 2.75) is 96.6 Å². The van der Waals surface area contributed by atoms with Gasteiger partial charge in [-0.1, -0.05) is 32.8 Å². The minimum absolute atomic E-state index is 0.138. The minimum Gasteiger partial charge on any atom is -0.480 e. The number of anilines is 1. The highest BCUT2D eigenvalue weighted by Gasteiger charge is 2.30. The van der Waals surface area contributed by atoms with Crippen LogP contribution in [-0.2, 0) is 22.4 Å². The fourth-order valence-electron chi connectivity index (χ4n) is 4.69. The number of carboxylic acid groups (broad SMARTS) is 1. The molecule has 184 valence electrons. The second kappa shape index (κ2) is 12.9. The van der Waals surface area contributed by atoms with Gasteiger partial charge in [-0.05, 0) is 75.5 Å². The minimum atomic E-state index is -0.935. The van der Waals surface area contributed by atoms with Gasteiger partial charge in [0.1, 0.15) is 11.9 Å². The first kappa shape index (κ1) is 25.5. The van der Waals surface area contributed by atoms with E-state index in [0.29, 0.717) is 31.3 Å². The van der Waals surface area contributed by atoms with Gasteiger partial charge < -0.3 is 20.6 Å². The number of aryl methyl sites for hydroxylation is 2. The van der Waals surface area contributed by atoms with Crippen LogP contribution in [0.4, 0.5) is 5.82 Å². The smallest absolute Gasteiger partial charge is 0.326 e. The van der Waals surface area contributed by atoms with Crippen molar-refractivity contribution >= 4 is 17.7 Å². The van der Waals surface area contributed by atoms with Gasteiger partial charge in [0.2, 0.25) is 5.91 Å². The van der Waals surface area contributed by atoms with Crippen LogP contribution in [0, 0.1) is 5.92 Å². The lowest BCUT2D eigenvalue weighted by Crippen LogP contribution is -2.44. The number of fused-ring (bicyclic) bond motifs is 1. The molecule has 1 aliphatic heterocycles. The second-order valence-corrected chi connectivity index (χ2v) is 9.70. The molecule has 0 bridgehead atoms. The maximum Gasteiger partial charge on any atom is 0.326 e. The number of nitrogens with one attached hydrogen (secondary N) is 2. The van der Waals surface area contributed by atoms with E-state index in [4.69, 9.17) is 4.98 Å². The lowest BCUT2D eigenvalue weighted by molar-refractivity contribution is -0.142. The Hall–Kier alpha value is -2.15. The first-order valence-corrected chi connectivity index (χ1v) is 13.0. The van der Waals surface area contributed by atoms with E-state index in [0.717, 1.165) is 63.1 Å². The van der Waals surface area contributed by atoms with Gasteiger partial charge >= 0.3 is 5.97 Å². The fourth-order valence-corrected chi connectivity index (χ4v) is 4.69. The van der Waals surface area contributed by atoms with Crippen molar-refractivity contribution in [3.8, 4) is 0 Å². The molecule has 1 aliphatic carbocycles. The molecule has 1 unspecified atom stereocenters. The SMILES string of the molecule is CCC(CC)CC(=O)NC(CCN(CCCCc1ccc2c(n1)NCCC2)C1CC1)C(=O)O. The highest BCUT2D eigenvalue weighted by molar-refractivity contribution is 5.83. The van der Waals surface area contributed by atoms with E-state index in [2.05, 4.69) is 41.5 Å². The van der Waals surface area contributed by atoms with E-state index in [1.807, 2.05) is 0 Å². The molecule has 1 saturated carbocycles. The standard InChI is InChI=1S/C26H42N4O3/c1-3-19(4-2)18-24(31)29-23(26(32)33)14-17-30(22-12-13-22)16-6-5-9-21-11-10-20-8-7-15-27-25(20)28-21/h10-11,19,22-23H,3-9,12-18H2,1-2H3,(H,27,28)(H,29,31)(H,32,33). The quantitative estimate of drug-likeness (QED) is 0.344. The van der Waals surface area contributed by atoms with Crippen molar-refractivity contribution in [2.24, 2.45) is 5.92 Å². The number of carboxylic acids is 1. The Bertz CT molecular complexity index is 777. The number of aromatic nitrogens is 1. The molecule has 7 heteroatoms. The zero-order valence-corrected chi connectivity index (χ0v) is 20.4. The Morgan fingerprint density at radius 1 is 1.21 bits per heavy atom. The molecule has 3 rings (SSSR count). The molecular formula is C26H42N4O3. The van der Waals surface area contributed by atoms with Crippen molar-refractivity contribution in [3.05, 3.63) is 23.4 Å². The Balaban J connectivity index is 1.41. The molecule has 7 nitrogen and oxygen atoms in total. The van der Waals surface area contributed by atoms with Crippen molar-refractivity contribution in [1.29, 1.82) is 0 Å². The predicted octanol–water partition coefficient (Wildman–Crippen LogP) is 4.01. The van der Waals surface area contributed by atoms with Crippen LogP contribution in [0.3, 0.4) is 0 Å². The Kier molecular flexibility index (Phi) is 9.97. The van der Waals surface area contributed by atoms with E-state index in [1.54, 1.807) is 0 Å². The summed E-state index contributed by atoms with van der Waals surface area (Å²) >= 11 is 0. The normalized spacial score (nSPS) is 16.4. The van der Waals surface area contributed by atoms with E-state index >= 15 is 0 Å². The van der Waals surface area contributed by atoms with Crippen LogP contribution in [0.15, 0.2) is 12.1 Å². The molecule has 0 saturated heterocycles. The number of unbranched alkanes of at least 4 members (excludes halogenated alkanes) is 1. The van der Waals surface area contributed by atoms with E-state index in [-0.39, 0.29) is 5.91 Å². The van der Waals surface area contributed by atoms with Gasteiger partial charge in [-0.25, -0.2) is 9.78 Å². The van der Waals surface area contributed by atoms with Crippen LogP contribution >= 0.6 is 0 Å². The van der Waals surface area contributed by atoms with Gasteiger partial charge in [0.25, 0.3) is 0 Å². The number of nitrogens with zero attached hydrogens (tertiary/aromatic N) is 2. The summed E-state index contributed by atoms with van der Waals surface area (Å²) in [6, 6.07) is 4.14. The van der Waals surface area contributed by atoms with E-state index < -0.39 is 12.0 Å². The first-order chi connectivity index (χ1) is 16.0. The van der Waals surface area contributed by atoms with Gasteiger partial charge in [-0.3, -0.25) is 4.79 Å². The lowest BCUT2D eigenvalue weighted by Gasteiger charge is -2.24. The van der Waals surface area contributed by atoms with Gasteiger partial charge in [-0.2, -0.15) is 0 Å². The predicted molar refractivity (Wildman–Crippen MR) is 131 cm³/mol. The van der Waals surface area contributed by atoms with Gasteiger partial charge in [0.15, 0.2) is 0 Å². The molecule has 1 atom stereocenters.